The fraction of sp³-hybridized carbons (Fsp3) is 0.435. The Hall–Kier alpha value is -2.49. The molecule has 0 unspecified atom stereocenters. The van der Waals surface area contributed by atoms with Crippen LogP contribution in [-0.2, 0) is 4.79 Å². The van der Waals surface area contributed by atoms with Crippen molar-refractivity contribution in [2.24, 2.45) is 5.41 Å². The quantitative estimate of drug-likeness (QED) is 0.592. The lowest BCUT2D eigenvalue weighted by atomic mass is 9.87. The minimum Gasteiger partial charge on any atom is -0.494 e. The topological polar surface area (TPSA) is 47.6 Å². The number of hydrogen-bond acceptors (Lipinski definition) is 3. The monoisotopic (exact) mass is 369 g/mol. The van der Waals surface area contributed by atoms with Crippen molar-refractivity contribution in [2.45, 2.75) is 47.5 Å². The fourth-order valence-electron chi connectivity index (χ4n) is 2.77. The van der Waals surface area contributed by atoms with E-state index in [4.69, 9.17) is 9.47 Å². The lowest BCUT2D eigenvalue weighted by Crippen LogP contribution is -2.31. The number of benzene rings is 2. The summed E-state index contributed by atoms with van der Waals surface area (Å²) in [7, 11) is 0. The summed E-state index contributed by atoms with van der Waals surface area (Å²) in [5, 5.41) is 2.99. The van der Waals surface area contributed by atoms with Gasteiger partial charge in [0.05, 0.1) is 13.2 Å². The Morgan fingerprint density at radius 3 is 2.41 bits per heavy atom. The molecule has 0 saturated carbocycles. The summed E-state index contributed by atoms with van der Waals surface area (Å²) in [5.74, 6) is 1.74. The van der Waals surface area contributed by atoms with Crippen molar-refractivity contribution in [1.82, 2.24) is 0 Å². The van der Waals surface area contributed by atoms with E-state index in [1.807, 2.05) is 52.0 Å². The van der Waals surface area contributed by atoms with E-state index in [-0.39, 0.29) is 5.91 Å². The number of aryl methyl sites for hydroxylation is 2. The zero-order valence-corrected chi connectivity index (χ0v) is 17.1. The summed E-state index contributed by atoms with van der Waals surface area (Å²) in [6.45, 7) is 11.2. The molecule has 27 heavy (non-hydrogen) atoms. The molecule has 0 aliphatic carbocycles. The molecule has 2 aromatic rings. The van der Waals surface area contributed by atoms with Crippen molar-refractivity contribution in [3.8, 4) is 11.5 Å². The number of amides is 1. The molecule has 2 rings (SSSR count). The third kappa shape index (κ3) is 6.31. The van der Waals surface area contributed by atoms with E-state index in [1.54, 1.807) is 0 Å². The van der Waals surface area contributed by atoms with Crippen LogP contribution in [0.5, 0.6) is 11.5 Å². The fourth-order valence-corrected chi connectivity index (χ4v) is 2.77. The van der Waals surface area contributed by atoms with Crippen LogP contribution in [0, 0.1) is 19.3 Å². The molecule has 0 radical (unpaired) electrons. The van der Waals surface area contributed by atoms with Gasteiger partial charge in [0.1, 0.15) is 11.5 Å². The molecule has 146 valence electrons. The predicted molar refractivity (Wildman–Crippen MR) is 111 cm³/mol. The van der Waals surface area contributed by atoms with Gasteiger partial charge in [-0.15, -0.1) is 0 Å². The molecule has 4 heteroatoms. The number of nitrogens with one attached hydrogen (secondary N) is 1. The summed E-state index contributed by atoms with van der Waals surface area (Å²) in [6.07, 6.45) is 1.57. The Balaban J connectivity index is 1.82. The van der Waals surface area contributed by atoms with E-state index in [1.165, 1.54) is 5.56 Å². The van der Waals surface area contributed by atoms with Crippen LogP contribution < -0.4 is 14.8 Å². The van der Waals surface area contributed by atoms with E-state index in [9.17, 15) is 4.79 Å². The highest BCUT2D eigenvalue weighted by atomic mass is 16.5. The van der Waals surface area contributed by atoms with Gasteiger partial charge in [-0.3, -0.25) is 4.79 Å². The van der Waals surface area contributed by atoms with Gasteiger partial charge in [0, 0.05) is 11.1 Å². The number of hydrogen-bond donors (Lipinski definition) is 1. The van der Waals surface area contributed by atoms with Gasteiger partial charge in [-0.25, -0.2) is 0 Å². The van der Waals surface area contributed by atoms with E-state index in [2.05, 4.69) is 30.4 Å². The van der Waals surface area contributed by atoms with Crippen LogP contribution in [-0.4, -0.2) is 19.1 Å². The first-order valence-electron chi connectivity index (χ1n) is 9.56. The molecule has 0 aliphatic rings. The average Bonchev–Trinajstić information content (AvgIpc) is 2.63. The van der Waals surface area contributed by atoms with Crippen molar-refractivity contribution in [2.75, 3.05) is 18.5 Å². The zero-order chi connectivity index (χ0) is 19.9. The number of anilines is 1. The molecule has 0 atom stereocenters. The van der Waals surface area contributed by atoms with E-state index in [0.29, 0.717) is 13.2 Å². The largest absolute Gasteiger partial charge is 0.494 e. The highest BCUT2D eigenvalue weighted by molar-refractivity contribution is 5.94. The van der Waals surface area contributed by atoms with Crippen LogP contribution in [0.4, 0.5) is 5.69 Å². The average molecular weight is 370 g/mol. The van der Waals surface area contributed by atoms with Crippen LogP contribution in [0.3, 0.4) is 0 Å². The normalized spacial score (nSPS) is 11.1. The van der Waals surface area contributed by atoms with Crippen molar-refractivity contribution in [3.05, 3.63) is 53.6 Å². The van der Waals surface area contributed by atoms with Crippen LogP contribution in [0.25, 0.3) is 0 Å². The molecule has 2 aromatic carbocycles. The molecule has 1 N–H and O–H groups in total. The van der Waals surface area contributed by atoms with E-state index >= 15 is 0 Å². The van der Waals surface area contributed by atoms with Gasteiger partial charge < -0.3 is 14.8 Å². The number of carbonyl (C=O) groups excluding carboxylic acids is 1. The summed E-state index contributed by atoms with van der Waals surface area (Å²) in [5.41, 5.74) is 2.63. The number of carbonyl (C=O) groups is 1. The van der Waals surface area contributed by atoms with Crippen molar-refractivity contribution in [1.29, 1.82) is 0 Å². The van der Waals surface area contributed by atoms with Crippen molar-refractivity contribution in [3.63, 3.8) is 0 Å². The Labute approximate surface area is 162 Å². The highest BCUT2D eigenvalue weighted by Crippen LogP contribution is 2.26. The Morgan fingerprint density at radius 1 is 1.04 bits per heavy atom. The Kier molecular flexibility index (Phi) is 7.28. The van der Waals surface area contributed by atoms with Crippen LogP contribution in [0.2, 0.25) is 0 Å². The molecular formula is C23H31NO3. The zero-order valence-electron chi connectivity index (χ0n) is 17.1. The highest BCUT2D eigenvalue weighted by Gasteiger charge is 2.27. The first-order valence-corrected chi connectivity index (χ1v) is 9.56. The summed E-state index contributed by atoms with van der Waals surface area (Å²) in [4.78, 5) is 12.6. The van der Waals surface area contributed by atoms with Crippen molar-refractivity contribution < 1.29 is 14.3 Å². The standard InChI is InChI=1S/C23H31NO3/c1-6-26-20-12-10-19(11-13-20)24-22(25)23(4,5)14-7-15-27-21-16-17(2)8-9-18(21)3/h8-13,16H,6-7,14-15H2,1-5H3,(H,24,25). The maximum absolute atomic E-state index is 12.6. The summed E-state index contributed by atoms with van der Waals surface area (Å²) >= 11 is 0. The smallest absolute Gasteiger partial charge is 0.230 e. The summed E-state index contributed by atoms with van der Waals surface area (Å²) < 4.78 is 11.3. The second kappa shape index (κ2) is 9.45. The van der Waals surface area contributed by atoms with E-state index in [0.717, 1.165) is 35.6 Å². The van der Waals surface area contributed by atoms with Gasteiger partial charge in [-0.2, -0.15) is 0 Å². The third-order valence-corrected chi connectivity index (χ3v) is 4.59. The maximum Gasteiger partial charge on any atom is 0.230 e. The molecule has 0 aliphatic heterocycles. The van der Waals surface area contributed by atoms with Gasteiger partial charge in [-0.1, -0.05) is 26.0 Å². The van der Waals surface area contributed by atoms with Gasteiger partial charge in [0.15, 0.2) is 0 Å². The molecule has 0 fully saturated rings. The molecule has 0 bridgehead atoms. The van der Waals surface area contributed by atoms with Gasteiger partial charge in [-0.05, 0) is 75.1 Å². The molecule has 4 nitrogen and oxygen atoms in total. The molecule has 0 heterocycles. The third-order valence-electron chi connectivity index (χ3n) is 4.59. The van der Waals surface area contributed by atoms with Crippen LogP contribution in [0.15, 0.2) is 42.5 Å². The molecule has 1 amide bonds. The molecule has 0 aromatic heterocycles. The lowest BCUT2D eigenvalue weighted by Gasteiger charge is -2.23. The number of rotatable bonds is 9. The minimum absolute atomic E-state index is 0.0124. The predicted octanol–water partition coefficient (Wildman–Crippen LogP) is 5.53. The van der Waals surface area contributed by atoms with Gasteiger partial charge >= 0.3 is 0 Å². The maximum atomic E-state index is 12.6. The van der Waals surface area contributed by atoms with E-state index < -0.39 is 5.41 Å². The number of ether oxygens (including phenoxy) is 2. The Morgan fingerprint density at radius 2 is 1.74 bits per heavy atom. The molecule has 0 spiro atoms. The lowest BCUT2D eigenvalue weighted by molar-refractivity contribution is -0.124. The van der Waals surface area contributed by atoms with Gasteiger partial charge in [0.25, 0.3) is 0 Å². The second-order valence-corrected chi connectivity index (χ2v) is 7.52. The molecular weight excluding hydrogens is 338 g/mol. The SMILES string of the molecule is CCOc1ccc(NC(=O)C(C)(C)CCCOc2cc(C)ccc2C)cc1. The minimum atomic E-state index is -0.469. The first-order chi connectivity index (χ1) is 12.8. The van der Waals surface area contributed by atoms with Gasteiger partial charge in [0.2, 0.25) is 5.91 Å². The van der Waals surface area contributed by atoms with Crippen LogP contribution in [0.1, 0.15) is 44.7 Å². The first kappa shape index (κ1) is 20.8. The molecule has 0 saturated heterocycles. The summed E-state index contributed by atoms with van der Waals surface area (Å²) in [6, 6.07) is 13.7. The second-order valence-electron chi connectivity index (χ2n) is 7.52. The Bertz CT molecular complexity index is 751. The van der Waals surface area contributed by atoms with Crippen LogP contribution >= 0.6 is 0 Å². The van der Waals surface area contributed by atoms with Crippen molar-refractivity contribution >= 4 is 11.6 Å².